The quantitative estimate of drug-likeness (QED) is 0.199. The number of nitrogen functional groups attached to an aromatic ring is 1. The molecule has 0 aromatic carbocycles. The minimum Gasteiger partial charge on any atom is -0.395 e. The van der Waals surface area contributed by atoms with Gasteiger partial charge in [0.25, 0.3) is 0 Å². The summed E-state index contributed by atoms with van der Waals surface area (Å²) in [6.45, 7) is 0.313. The third-order valence-electron chi connectivity index (χ3n) is 1.50. The van der Waals surface area contributed by atoms with E-state index in [-0.39, 0.29) is 5.69 Å². The molecule has 1 heterocycles. The van der Waals surface area contributed by atoms with Crippen molar-refractivity contribution in [3.63, 3.8) is 0 Å². The summed E-state index contributed by atoms with van der Waals surface area (Å²) in [4.78, 5) is 6.00. The molecule has 0 atom stereocenters. The van der Waals surface area contributed by atoms with Gasteiger partial charge in [-0.3, -0.25) is 0 Å². The molecule has 5 nitrogen and oxygen atoms in total. The van der Waals surface area contributed by atoms with E-state index >= 15 is 0 Å². The van der Waals surface area contributed by atoms with Crippen LogP contribution in [0.25, 0.3) is 10.4 Å². The predicted molar refractivity (Wildman–Crippen MR) is 54.1 cm³/mol. The lowest BCUT2D eigenvalue weighted by molar-refractivity contribution is 0.588. The molecule has 0 radical (unpaired) electrons. The highest BCUT2D eigenvalue weighted by atomic mass is 19.1. The number of nitrogens with two attached hydrogens (primary N) is 1. The first-order valence-corrected chi connectivity index (χ1v) is 4.15. The Hall–Kier alpha value is -2.25. The topological polar surface area (TPSA) is 87.7 Å². The lowest BCUT2D eigenvalue weighted by Gasteiger charge is -1.94. The number of halogens is 1. The van der Waals surface area contributed by atoms with Crippen molar-refractivity contribution in [2.75, 3.05) is 12.3 Å². The van der Waals surface area contributed by atoms with Crippen LogP contribution < -0.4 is 5.73 Å². The largest absolute Gasteiger partial charge is 0.395 e. The van der Waals surface area contributed by atoms with E-state index in [1.54, 1.807) is 0 Å². The fourth-order valence-electron chi connectivity index (χ4n) is 0.849. The van der Waals surface area contributed by atoms with E-state index in [2.05, 4.69) is 26.9 Å². The normalized spacial score (nSPS) is 8.60. The number of rotatable bonds is 2. The molecule has 0 amide bonds. The molecule has 6 heteroatoms. The van der Waals surface area contributed by atoms with Crippen molar-refractivity contribution >= 4 is 5.69 Å². The first-order chi connectivity index (χ1) is 7.24. The third kappa shape index (κ3) is 3.55. The average molecular weight is 205 g/mol. The molecule has 1 rings (SSSR count). The molecule has 0 aliphatic rings. The van der Waals surface area contributed by atoms with Crippen LogP contribution in [-0.2, 0) is 0 Å². The molecule has 15 heavy (non-hydrogen) atoms. The van der Waals surface area contributed by atoms with Crippen LogP contribution in [0, 0.1) is 17.8 Å². The summed E-state index contributed by atoms with van der Waals surface area (Å²) < 4.78 is 12.6. The number of azide groups is 1. The summed E-state index contributed by atoms with van der Waals surface area (Å²) in [5.41, 5.74) is 13.8. The van der Waals surface area contributed by atoms with Gasteiger partial charge in [0.1, 0.15) is 0 Å². The van der Waals surface area contributed by atoms with Gasteiger partial charge in [-0.15, -0.1) is 0 Å². The van der Waals surface area contributed by atoms with Gasteiger partial charge in [-0.05, 0) is 11.6 Å². The zero-order chi connectivity index (χ0) is 11.1. The molecular formula is C9H8FN5. The molecule has 0 fully saturated rings. The Morgan fingerprint density at radius 1 is 1.67 bits per heavy atom. The van der Waals surface area contributed by atoms with Crippen LogP contribution in [0.4, 0.5) is 10.1 Å². The lowest BCUT2D eigenvalue weighted by atomic mass is 10.2. The molecular weight excluding hydrogens is 197 g/mol. The minimum absolute atomic E-state index is 0.0307. The van der Waals surface area contributed by atoms with Crippen LogP contribution in [0.2, 0.25) is 0 Å². The van der Waals surface area contributed by atoms with Crippen LogP contribution in [0.3, 0.4) is 0 Å². The summed E-state index contributed by atoms with van der Waals surface area (Å²) >= 11 is 0. The molecule has 0 saturated heterocycles. The van der Waals surface area contributed by atoms with Crippen molar-refractivity contribution < 1.29 is 4.39 Å². The third-order valence-corrected chi connectivity index (χ3v) is 1.50. The van der Waals surface area contributed by atoms with Gasteiger partial charge >= 0.3 is 0 Å². The average Bonchev–Trinajstić information content (AvgIpc) is 2.23. The van der Waals surface area contributed by atoms with E-state index in [9.17, 15) is 4.39 Å². The van der Waals surface area contributed by atoms with E-state index in [0.29, 0.717) is 18.5 Å². The van der Waals surface area contributed by atoms with E-state index in [4.69, 9.17) is 11.3 Å². The first-order valence-electron chi connectivity index (χ1n) is 4.15. The van der Waals surface area contributed by atoms with Crippen LogP contribution in [0.5, 0.6) is 0 Å². The molecule has 76 valence electrons. The highest BCUT2D eigenvalue weighted by Gasteiger charge is 1.97. The van der Waals surface area contributed by atoms with Gasteiger partial charge < -0.3 is 5.73 Å². The zero-order valence-electron chi connectivity index (χ0n) is 7.81. The number of pyridine rings is 1. The van der Waals surface area contributed by atoms with Gasteiger partial charge in [0.15, 0.2) is 0 Å². The maximum Gasteiger partial charge on any atom is 0.236 e. The molecule has 0 saturated carbocycles. The number of hydrogen-bond donors (Lipinski definition) is 1. The minimum atomic E-state index is -0.699. The van der Waals surface area contributed by atoms with Gasteiger partial charge in [0, 0.05) is 29.6 Å². The van der Waals surface area contributed by atoms with Gasteiger partial charge in [0.05, 0.1) is 5.69 Å². The fraction of sp³-hybridized carbons (Fsp3) is 0.222. The maximum atomic E-state index is 12.6. The van der Waals surface area contributed by atoms with Crippen molar-refractivity contribution in [2.24, 2.45) is 5.11 Å². The van der Waals surface area contributed by atoms with Crippen molar-refractivity contribution in [1.82, 2.24) is 4.98 Å². The lowest BCUT2D eigenvalue weighted by Crippen LogP contribution is -1.94. The standard InChI is InChI=1S/C9H8FN5/c10-9-8(11)5-7(6-13-9)3-1-2-4-14-15-12/h5-6H,2,4,11H2. The summed E-state index contributed by atoms with van der Waals surface area (Å²) in [5.74, 6) is 4.78. The SMILES string of the molecule is [N-]=[N+]=NCCC#Cc1cnc(F)c(N)c1. The van der Waals surface area contributed by atoms with Gasteiger partial charge in [-0.25, -0.2) is 4.98 Å². The van der Waals surface area contributed by atoms with Crippen molar-refractivity contribution in [3.05, 3.63) is 34.2 Å². The Balaban J connectivity index is 2.64. The first kappa shape index (κ1) is 10.8. The Labute approximate surface area is 85.7 Å². The van der Waals surface area contributed by atoms with Gasteiger partial charge in [0.2, 0.25) is 5.95 Å². The van der Waals surface area contributed by atoms with Gasteiger partial charge in [-0.2, -0.15) is 4.39 Å². The maximum absolute atomic E-state index is 12.6. The Kier molecular flexibility index (Phi) is 3.95. The second kappa shape index (κ2) is 5.47. The molecule has 2 N–H and O–H groups in total. The smallest absolute Gasteiger partial charge is 0.236 e. The molecule has 0 bridgehead atoms. The fourth-order valence-corrected chi connectivity index (χ4v) is 0.849. The molecule has 0 unspecified atom stereocenters. The number of aromatic nitrogens is 1. The van der Waals surface area contributed by atoms with Gasteiger partial charge in [-0.1, -0.05) is 17.0 Å². The van der Waals surface area contributed by atoms with Crippen LogP contribution in [-0.4, -0.2) is 11.5 Å². The van der Waals surface area contributed by atoms with E-state index in [1.165, 1.54) is 12.3 Å². The Morgan fingerprint density at radius 2 is 2.47 bits per heavy atom. The highest BCUT2D eigenvalue weighted by molar-refractivity contribution is 5.44. The zero-order valence-corrected chi connectivity index (χ0v) is 7.81. The van der Waals surface area contributed by atoms with Crippen LogP contribution in [0.1, 0.15) is 12.0 Å². The molecule has 0 aliphatic heterocycles. The number of hydrogen-bond acceptors (Lipinski definition) is 3. The number of anilines is 1. The monoisotopic (exact) mass is 205 g/mol. The van der Waals surface area contributed by atoms with E-state index in [0.717, 1.165) is 0 Å². The second-order valence-electron chi connectivity index (χ2n) is 2.61. The Morgan fingerprint density at radius 3 is 3.13 bits per heavy atom. The predicted octanol–water partition coefficient (Wildman–Crippen LogP) is 1.85. The van der Waals surface area contributed by atoms with Crippen molar-refractivity contribution in [1.29, 1.82) is 0 Å². The number of nitrogens with zero attached hydrogens (tertiary/aromatic N) is 4. The molecule has 0 aliphatic carbocycles. The van der Waals surface area contributed by atoms with Crippen molar-refractivity contribution in [2.45, 2.75) is 6.42 Å². The summed E-state index contributed by atoms with van der Waals surface area (Å²) in [6, 6.07) is 1.41. The van der Waals surface area contributed by atoms with Crippen LogP contribution in [0.15, 0.2) is 17.4 Å². The molecule has 1 aromatic rings. The van der Waals surface area contributed by atoms with Crippen LogP contribution >= 0.6 is 0 Å². The van der Waals surface area contributed by atoms with E-state index in [1.807, 2.05) is 0 Å². The second-order valence-corrected chi connectivity index (χ2v) is 2.61. The van der Waals surface area contributed by atoms with Crippen molar-refractivity contribution in [3.8, 4) is 11.8 Å². The highest BCUT2D eigenvalue weighted by Crippen LogP contribution is 2.07. The Bertz CT molecular complexity index is 453. The summed E-state index contributed by atoms with van der Waals surface area (Å²) in [7, 11) is 0. The summed E-state index contributed by atoms with van der Waals surface area (Å²) in [5, 5.41) is 3.31. The molecule has 1 aromatic heterocycles. The molecule has 0 spiro atoms. The summed E-state index contributed by atoms with van der Waals surface area (Å²) in [6.07, 6.45) is 1.74. The van der Waals surface area contributed by atoms with E-state index < -0.39 is 5.95 Å².